The lowest BCUT2D eigenvalue weighted by Gasteiger charge is -2.24. The largest absolute Gasteiger partial charge is 0.333 e. The van der Waals surface area contributed by atoms with E-state index in [1.54, 1.807) is 0 Å². The summed E-state index contributed by atoms with van der Waals surface area (Å²) in [5.41, 5.74) is 7.15. The number of carbonyl (C=O) groups excluding carboxylic acids is 1. The van der Waals surface area contributed by atoms with Crippen molar-refractivity contribution in [2.75, 3.05) is 39.3 Å². The van der Waals surface area contributed by atoms with Crippen molar-refractivity contribution in [2.45, 2.75) is 71.2 Å². The van der Waals surface area contributed by atoms with Gasteiger partial charge < -0.3 is 4.90 Å². The highest BCUT2D eigenvalue weighted by Gasteiger charge is 2.29. The topological polar surface area (TPSA) is 30.0 Å². The van der Waals surface area contributed by atoms with Gasteiger partial charge in [0.25, 0.3) is 5.91 Å². The molecule has 0 radical (unpaired) electrons. The second kappa shape index (κ2) is 13.6. The Morgan fingerprint density at radius 1 is 0.721 bits per heavy atom. The zero-order chi connectivity index (χ0) is 29.9. The van der Waals surface area contributed by atoms with Gasteiger partial charge >= 0.3 is 0 Å². The Hall–Kier alpha value is -2.58. The monoisotopic (exact) mass is 646 g/mol. The molecule has 228 valence electrons. The van der Waals surface area contributed by atoms with Crippen LogP contribution in [0.15, 0.2) is 65.1 Å². The molecule has 0 aromatic heterocycles. The highest BCUT2D eigenvalue weighted by atomic mass is 79.9. The van der Waals surface area contributed by atoms with Gasteiger partial charge in [-0.3, -0.25) is 19.5 Å². The van der Waals surface area contributed by atoms with Crippen LogP contribution in [0.5, 0.6) is 0 Å². The van der Waals surface area contributed by atoms with E-state index in [-0.39, 0.29) is 11.7 Å². The van der Waals surface area contributed by atoms with Gasteiger partial charge in [0.1, 0.15) is 5.82 Å². The standard InChI is InChI=1S/C21H25FN2.C15H19BrN2O/c1-16-3-2-10-24(16)12-11-23-14-19-5-4-18(13-20(19)15-23)17-6-8-21(22)9-7-17;1-11-3-2-6-17(11)7-8-18-10-12-9-13(16)4-5-14(12)15(18)19/h4-9,13,16H,2-3,10-12,14-15H2,1H3;4-5,9,11H,2-3,6-8,10H2,1H3/t16-;11-/m11/s1. The highest BCUT2D eigenvalue weighted by molar-refractivity contribution is 9.10. The van der Waals surface area contributed by atoms with Gasteiger partial charge in [-0.2, -0.15) is 0 Å². The van der Waals surface area contributed by atoms with Gasteiger partial charge in [0, 0.05) is 67.9 Å². The molecule has 4 heterocycles. The molecule has 3 aromatic rings. The van der Waals surface area contributed by atoms with Crippen LogP contribution in [-0.4, -0.2) is 76.9 Å². The Bertz CT molecular complexity index is 1430. The molecule has 1 amide bonds. The zero-order valence-electron chi connectivity index (χ0n) is 25.6. The number of hydrogen-bond acceptors (Lipinski definition) is 4. The van der Waals surface area contributed by atoms with Crippen LogP contribution in [-0.2, 0) is 19.6 Å². The molecule has 2 fully saturated rings. The number of fused-ring (bicyclic) bond motifs is 2. The Morgan fingerprint density at radius 3 is 2.05 bits per heavy atom. The Morgan fingerprint density at radius 2 is 1.37 bits per heavy atom. The molecule has 0 unspecified atom stereocenters. The van der Waals surface area contributed by atoms with E-state index < -0.39 is 0 Å². The van der Waals surface area contributed by atoms with Crippen LogP contribution < -0.4 is 0 Å². The molecule has 2 saturated heterocycles. The van der Waals surface area contributed by atoms with Crippen molar-refractivity contribution < 1.29 is 9.18 Å². The summed E-state index contributed by atoms with van der Waals surface area (Å²) >= 11 is 3.47. The van der Waals surface area contributed by atoms with Crippen LogP contribution in [0.4, 0.5) is 4.39 Å². The zero-order valence-corrected chi connectivity index (χ0v) is 27.2. The average molecular weight is 648 g/mol. The van der Waals surface area contributed by atoms with E-state index in [1.807, 2.05) is 29.2 Å². The van der Waals surface area contributed by atoms with E-state index in [9.17, 15) is 9.18 Å². The van der Waals surface area contributed by atoms with Gasteiger partial charge in [-0.05, 0) is 117 Å². The lowest BCUT2D eigenvalue weighted by molar-refractivity contribution is 0.0756. The van der Waals surface area contributed by atoms with Crippen LogP contribution in [0.2, 0.25) is 0 Å². The fourth-order valence-electron chi connectivity index (χ4n) is 7.14. The van der Waals surface area contributed by atoms with Gasteiger partial charge in [-0.1, -0.05) is 40.2 Å². The van der Waals surface area contributed by atoms with Crippen molar-refractivity contribution >= 4 is 21.8 Å². The minimum Gasteiger partial charge on any atom is -0.333 e. The van der Waals surface area contributed by atoms with E-state index in [1.165, 1.54) is 74.1 Å². The summed E-state index contributed by atoms with van der Waals surface area (Å²) in [6, 6.07) is 20.8. The highest BCUT2D eigenvalue weighted by Crippen LogP contribution is 2.29. The molecule has 5 nitrogen and oxygen atoms in total. The minimum absolute atomic E-state index is 0.178. The summed E-state index contributed by atoms with van der Waals surface area (Å²) in [7, 11) is 0. The van der Waals surface area contributed by atoms with Crippen LogP contribution in [0.25, 0.3) is 11.1 Å². The van der Waals surface area contributed by atoms with E-state index >= 15 is 0 Å². The number of carbonyl (C=O) groups is 1. The maximum atomic E-state index is 13.1. The molecule has 43 heavy (non-hydrogen) atoms. The SMILES string of the molecule is C[C@@H]1CCCN1CCN1Cc2cc(Br)ccc2C1=O.C[C@@H]1CCCN1CCN1Cc2ccc(-c3ccc(F)cc3)cc2C1. The molecular weight excluding hydrogens is 603 g/mol. The van der Waals surface area contributed by atoms with Crippen molar-refractivity contribution in [1.82, 2.24) is 19.6 Å². The summed E-state index contributed by atoms with van der Waals surface area (Å²) in [4.78, 5) is 21.9. The quantitative estimate of drug-likeness (QED) is 0.272. The second-order valence-corrected chi connectivity index (χ2v) is 13.7. The first-order valence-corrected chi connectivity index (χ1v) is 16.8. The number of hydrogen-bond donors (Lipinski definition) is 0. The predicted octanol–water partition coefficient (Wildman–Crippen LogP) is 7.18. The third-order valence-electron chi connectivity index (χ3n) is 9.86. The Labute approximate surface area is 264 Å². The second-order valence-electron chi connectivity index (χ2n) is 12.8. The number of nitrogens with zero attached hydrogens (tertiary/aromatic N) is 4. The first-order valence-electron chi connectivity index (χ1n) is 16.0. The fourth-order valence-corrected chi connectivity index (χ4v) is 7.55. The lowest BCUT2D eigenvalue weighted by atomic mass is 10.0. The van der Waals surface area contributed by atoms with Crippen LogP contribution in [0, 0.1) is 5.82 Å². The van der Waals surface area contributed by atoms with Crippen LogP contribution in [0.1, 0.15) is 66.6 Å². The summed E-state index contributed by atoms with van der Waals surface area (Å²) in [6.07, 6.45) is 5.28. The van der Waals surface area contributed by atoms with E-state index in [4.69, 9.17) is 0 Å². The Balaban J connectivity index is 0.000000157. The normalized spacial score (nSPS) is 22.1. The maximum Gasteiger partial charge on any atom is 0.254 e. The number of amides is 1. The van der Waals surface area contributed by atoms with Crippen molar-refractivity contribution in [3.05, 3.63) is 93.2 Å². The molecule has 7 rings (SSSR count). The summed E-state index contributed by atoms with van der Waals surface area (Å²) < 4.78 is 14.2. The van der Waals surface area contributed by atoms with Gasteiger partial charge in [0.2, 0.25) is 0 Å². The van der Waals surface area contributed by atoms with Crippen molar-refractivity contribution in [1.29, 1.82) is 0 Å². The molecule has 0 aliphatic carbocycles. The molecule has 0 spiro atoms. The van der Waals surface area contributed by atoms with Gasteiger partial charge in [0.15, 0.2) is 0 Å². The number of rotatable bonds is 7. The van der Waals surface area contributed by atoms with Crippen LogP contribution >= 0.6 is 15.9 Å². The third-order valence-corrected chi connectivity index (χ3v) is 10.4. The van der Waals surface area contributed by atoms with Crippen LogP contribution in [0.3, 0.4) is 0 Å². The maximum absolute atomic E-state index is 13.1. The minimum atomic E-state index is -0.178. The lowest BCUT2D eigenvalue weighted by Crippen LogP contribution is -2.36. The summed E-state index contributed by atoms with van der Waals surface area (Å²) in [6.45, 7) is 14.1. The van der Waals surface area contributed by atoms with Gasteiger partial charge in [-0.25, -0.2) is 4.39 Å². The van der Waals surface area contributed by atoms with Crippen molar-refractivity contribution in [3.63, 3.8) is 0 Å². The Kier molecular flexibility index (Phi) is 9.63. The molecule has 3 aromatic carbocycles. The molecule has 7 heteroatoms. The first-order chi connectivity index (χ1) is 20.8. The molecule has 4 aliphatic heterocycles. The first kappa shape index (κ1) is 30.4. The van der Waals surface area contributed by atoms with E-state index in [0.29, 0.717) is 6.04 Å². The average Bonchev–Trinajstić information content (AvgIpc) is 3.78. The number of benzene rings is 3. The number of likely N-dealkylation sites (tertiary alicyclic amines) is 2. The van der Waals surface area contributed by atoms with Crippen molar-refractivity contribution in [2.24, 2.45) is 0 Å². The van der Waals surface area contributed by atoms with Gasteiger partial charge in [-0.15, -0.1) is 0 Å². The molecule has 0 saturated carbocycles. The van der Waals surface area contributed by atoms with E-state index in [2.05, 4.69) is 68.7 Å². The molecular formula is C36H44BrFN4O. The van der Waals surface area contributed by atoms with E-state index in [0.717, 1.165) is 66.5 Å². The molecule has 2 atom stereocenters. The smallest absolute Gasteiger partial charge is 0.254 e. The summed E-state index contributed by atoms with van der Waals surface area (Å²) in [5, 5.41) is 0. The predicted molar refractivity (Wildman–Crippen MR) is 175 cm³/mol. The molecule has 4 aliphatic rings. The van der Waals surface area contributed by atoms with Crippen molar-refractivity contribution in [3.8, 4) is 11.1 Å². The third kappa shape index (κ3) is 7.22. The summed E-state index contributed by atoms with van der Waals surface area (Å²) in [5.74, 6) is 0.0107. The fraction of sp³-hybridized carbons (Fsp3) is 0.472. The van der Waals surface area contributed by atoms with Gasteiger partial charge in [0.05, 0.1) is 0 Å². The molecule has 0 N–H and O–H groups in total. The number of halogens is 2. The molecule has 0 bridgehead atoms.